The van der Waals surface area contributed by atoms with E-state index in [9.17, 15) is 0 Å². The van der Waals surface area contributed by atoms with Crippen molar-refractivity contribution in [1.29, 1.82) is 0 Å². The van der Waals surface area contributed by atoms with Crippen molar-refractivity contribution in [2.45, 2.75) is 0 Å². The van der Waals surface area contributed by atoms with Crippen LogP contribution in [0.15, 0.2) is 85.1 Å². The lowest BCUT2D eigenvalue weighted by Crippen LogP contribution is -1.93. The summed E-state index contributed by atoms with van der Waals surface area (Å²) in [6, 6.07) is 26.5. The van der Waals surface area contributed by atoms with Crippen LogP contribution in [0.25, 0.3) is 32.9 Å². The van der Waals surface area contributed by atoms with Crippen molar-refractivity contribution in [3.8, 4) is 11.1 Å². The van der Waals surface area contributed by atoms with E-state index in [0.29, 0.717) is 0 Å². The molecular formula is C23H16ClN3. The topological polar surface area (TPSA) is 40.7 Å². The Labute approximate surface area is 161 Å². The van der Waals surface area contributed by atoms with E-state index in [4.69, 9.17) is 16.6 Å². The molecule has 0 fully saturated rings. The van der Waals surface area contributed by atoms with Gasteiger partial charge in [0.05, 0.1) is 11.2 Å². The first-order valence-corrected chi connectivity index (χ1v) is 9.14. The Balaban J connectivity index is 1.54. The lowest BCUT2D eigenvalue weighted by Gasteiger charge is -2.07. The molecule has 130 valence electrons. The molecule has 3 nitrogen and oxygen atoms in total. The van der Waals surface area contributed by atoms with Crippen LogP contribution >= 0.6 is 11.6 Å². The molecule has 0 aliphatic heterocycles. The zero-order valence-electron chi connectivity index (χ0n) is 14.4. The van der Waals surface area contributed by atoms with Gasteiger partial charge < -0.3 is 10.3 Å². The third kappa shape index (κ3) is 3.03. The number of halogens is 1. The minimum atomic E-state index is 0.718. The van der Waals surface area contributed by atoms with Gasteiger partial charge in [0.25, 0.3) is 0 Å². The molecule has 0 spiro atoms. The maximum atomic E-state index is 6.06. The summed E-state index contributed by atoms with van der Waals surface area (Å²) in [4.78, 5) is 8.02. The van der Waals surface area contributed by atoms with Crippen LogP contribution < -0.4 is 5.32 Å². The van der Waals surface area contributed by atoms with Gasteiger partial charge >= 0.3 is 0 Å². The standard InChI is InChI=1S/C23H16ClN3/c24-18-8-10-20-17(12-18)7-11-23(26-20)27-22-14-25-21-9-6-16(13-19(21)22)15-4-2-1-3-5-15/h1-14,25H,(H,26,27). The van der Waals surface area contributed by atoms with E-state index < -0.39 is 0 Å². The summed E-state index contributed by atoms with van der Waals surface area (Å²) in [5.74, 6) is 0.802. The van der Waals surface area contributed by atoms with Crippen LogP contribution in [0.5, 0.6) is 0 Å². The molecule has 5 aromatic rings. The summed E-state index contributed by atoms with van der Waals surface area (Å²) in [5.41, 5.74) is 5.39. The Kier molecular flexibility index (Phi) is 3.80. The smallest absolute Gasteiger partial charge is 0.131 e. The number of nitrogens with zero attached hydrogens (tertiary/aromatic N) is 1. The number of hydrogen-bond donors (Lipinski definition) is 2. The molecule has 2 aromatic heterocycles. The monoisotopic (exact) mass is 369 g/mol. The van der Waals surface area contributed by atoms with Gasteiger partial charge in [-0.2, -0.15) is 0 Å². The molecule has 0 amide bonds. The molecule has 27 heavy (non-hydrogen) atoms. The number of pyridine rings is 1. The number of rotatable bonds is 3. The van der Waals surface area contributed by atoms with Gasteiger partial charge in [0.1, 0.15) is 5.82 Å². The van der Waals surface area contributed by atoms with Gasteiger partial charge in [-0.3, -0.25) is 0 Å². The van der Waals surface area contributed by atoms with Crippen LogP contribution in [0.4, 0.5) is 11.5 Å². The molecular weight excluding hydrogens is 354 g/mol. The summed E-state index contributed by atoms with van der Waals surface area (Å²) < 4.78 is 0. The van der Waals surface area contributed by atoms with Crippen LogP contribution in [0.2, 0.25) is 5.02 Å². The number of benzene rings is 3. The molecule has 0 unspecified atom stereocenters. The molecule has 0 saturated carbocycles. The summed E-state index contributed by atoms with van der Waals surface area (Å²) in [6.45, 7) is 0. The highest BCUT2D eigenvalue weighted by Gasteiger charge is 2.07. The fourth-order valence-corrected chi connectivity index (χ4v) is 3.52. The van der Waals surface area contributed by atoms with E-state index in [2.05, 4.69) is 52.8 Å². The number of nitrogens with one attached hydrogen (secondary N) is 2. The van der Waals surface area contributed by atoms with Gasteiger partial charge in [0, 0.05) is 27.5 Å². The van der Waals surface area contributed by atoms with Crippen molar-refractivity contribution >= 4 is 44.9 Å². The molecule has 2 N–H and O–H groups in total. The number of aromatic amines is 1. The molecule has 4 heteroatoms. The Morgan fingerprint density at radius 2 is 1.70 bits per heavy atom. The Hall–Kier alpha value is -3.30. The second kappa shape index (κ2) is 6.45. The number of hydrogen-bond acceptors (Lipinski definition) is 2. The van der Waals surface area contributed by atoms with Gasteiger partial charge in [-0.05, 0) is 53.6 Å². The first-order chi connectivity index (χ1) is 13.3. The minimum Gasteiger partial charge on any atom is -0.359 e. The quantitative estimate of drug-likeness (QED) is 0.368. The largest absolute Gasteiger partial charge is 0.359 e. The van der Waals surface area contributed by atoms with Crippen LogP contribution in [0, 0.1) is 0 Å². The van der Waals surface area contributed by atoms with Crippen molar-refractivity contribution in [3.63, 3.8) is 0 Å². The lowest BCUT2D eigenvalue weighted by atomic mass is 10.0. The van der Waals surface area contributed by atoms with Gasteiger partial charge in [-0.1, -0.05) is 48.0 Å². The van der Waals surface area contributed by atoms with E-state index >= 15 is 0 Å². The zero-order chi connectivity index (χ0) is 18.2. The second-order valence-electron chi connectivity index (χ2n) is 6.49. The van der Waals surface area contributed by atoms with Crippen molar-refractivity contribution in [3.05, 3.63) is 90.1 Å². The maximum Gasteiger partial charge on any atom is 0.131 e. The molecule has 3 aromatic carbocycles. The van der Waals surface area contributed by atoms with Crippen LogP contribution in [-0.2, 0) is 0 Å². The Morgan fingerprint density at radius 1 is 0.815 bits per heavy atom. The van der Waals surface area contributed by atoms with Crippen LogP contribution in [-0.4, -0.2) is 9.97 Å². The minimum absolute atomic E-state index is 0.718. The number of H-pyrrole nitrogens is 1. The maximum absolute atomic E-state index is 6.06. The highest BCUT2D eigenvalue weighted by Crippen LogP contribution is 2.31. The van der Waals surface area contributed by atoms with Crippen molar-refractivity contribution in [1.82, 2.24) is 9.97 Å². The van der Waals surface area contributed by atoms with Crippen molar-refractivity contribution in [2.24, 2.45) is 0 Å². The van der Waals surface area contributed by atoms with Crippen LogP contribution in [0.3, 0.4) is 0 Å². The molecule has 5 rings (SSSR count). The third-order valence-electron chi connectivity index (χ3n) is 4.70. The summed E-state index contributed by atoms with van der Waals surface area (Å²) in [5, 5.41) is 6.31. The van der Waals surface area contributed by atoms with Crippen molar-refractivity contribution in [2.75, 3.05) is 5.32 Å². The van der Waals surface area contributed by atoms with Gasteiger partial charge in [0.15, 0.2) is 0 Å². The van der Waals surface area contributed by atoms with E-state index in [-0.39, 0.29) is 0 Å². The summed E-state index contributed by atoms with van der Waals surface area (Å²) in [6.07, 6.45) is 1.98. The lowest BCUT2D eigenvalue weighted by molar-refractivity contribution is 1.37. The average molecular weight is 370 g/mol. The highest BCUT2D eigenvalue weighted by atomic mass is 35.5. The number of anilines is 2. The van der Waals surface area contributed by atoms with Gasteiger partial charge in [0.2, 0.25) is 0 Å². The molecule has 0 atom stereocenters. The predicted octanol–water partition coefficient (Wildman–Crippen LogP) is 6.78. The Bertz CT molecular complexity index is 1260. The third-order valence-corrected chi connectivity index (χ3v) is 4.94. The number of aromatic nitrogens is 2. The fraction of sp³-hybridized carbons (Fsp3) is 0. The predicted molar refractivity (Wildman–Crippen MR) is 114 cm³/mol. The van der Waals surface area contributed by atoms with E-state index in [0.717, 1.165) is 38.3 Å². The SMILES string of the molecule is Clc1ccc2nc(Nc3c[nH]c4ccc(-c5ccccc5)cc34)ccc2c1. The van der Waals surface area contributed by atoms with E-state index in [1.165, 1.54) is 11.1 Å². The van der Waals surface area contributed by atoms with Gasteiger partial charge in [-0.25, -0.2) is 4.98 Å². The molecule has 0 radical (unpaired) electrons. The first kappa shape index (κ1) is 15.9. The Morgan fingerprint density at radius 3 is 2.59 bits per heavy atom. The highest BCUT2D eigenvalue weighted by molar-refractivity contribution is 6.31. The molecule has 0 saturated heterocycles. The molecule has 2 heterocycles. The first-order valence-electron chi connectivity index (χ1n) is 8.76. The zero-order valence-corrected chi connectivity index (χ0v) is 15.2. The summed E-state index contributed by atoms with van der Waals surface area (Å²) >= 11 is 6.06. The molecule has 0 aliphatic rings. The van der Waals surface area contributed by atoms with E-state index in [1.807, 2.05) is 42.6 Å². The van der Waals surface area contributed by atoms with Crippen LogP contribution in [0.1, 0.15) is 0 Å². The van der Waals surface area contributed by atoms with Crippen molar-refractivity contribution < 1.29 is 0 Å². The summed E-state index contributed by atoms with van der Waals surface area (Å²) in [7, 11) is 0. The molecule has 0 aliphatic carbocycles. The van der Waals surface area contributed by atoms with E-state index in [1.54, 1.807) is 0 Å². The van der Waals surface area contributed by atoms with Gasteiger partial charge in [-0.15, -0.1) is 0 Å². The molecule has 0 bridgehead atoms. The fourth-order valence-electron chi connectivity index (χ4n) is 3.34. The number of fused-ring (bicyclic) bond motifs is 2. The second-order valence-corrected chi connectivity index (χ2v) is 6.92. The normalized spacial score (nSPS) is 11.1. The average Bonchev–Trinajstić information content (AvgIpc) is 3.11.